The van der Waals surface area contributed by atoms with E-state index in [4.69, 9.17) is 9.16 Å². The van der Waals surface area contributed by atoms with E-state index >= 15 is 0 Å². The number of ether oxygens (including phenoxy) is 1. The highest BCUT2D eigenvalue weighted by atomic mass is 28.4. The highest BCUT2D eigenvalue weighted by Crippen LogP contribution is 2.57. The predicted molar refractivity (Wildman–Crippen MR) is 111 cm³/mol. The normalized spacial score (nSPS) is 25.8. The maximum Gasteiger partial charge on any atom is 0.256 e. The average Bonchev–Trinajstić information content (AvgIpc) is 3.24. The van der Waals surface area contributed by atoms with Crippen molar-refractivity contribution in [3.63, 3.8) is 0 Å². The molecule has 1 aromatic carbocycles. The number of methoxy groups -OCH3 is 1. The number of amides is 1. The standard InChI is InChI=1S/C21H32N2O4Si/c1-20(2,3)28(5,6)27-18-15-11-21(7-8-21)12-23(15)19(25)13-9-17(26-4)16(24)10-14(13)22-18/h9-10,15,18,22,24H,7-8,11-12H2,1-6H3/t15-,18?/m0/s1. The van der Waals surface area contributed by atoms with Crippen LogP contribution >= 0.6 is 0 Å². The van der Waals surface area contributed by atoms with Gasteiger partial charge in [0.05, 0.1) is 24.4 Å². The molecule has 1 spiro atoms. The third kappa shape index (κ3) is 3.08. The van der Waals surface area contributed by atoms with Crippen LogP contribution in [0.3, 0.4) is 0 Å². The molecule has 2 atom stereocenters. The fourth-order valence-corrected chi connectivity index (χ4v) is 5.37. The van der Waals surface area contributed by atoms with Crippen LogP contribution in [0, 0.1) is 5.41 Å². The monoisotopic (exact) mass is 404 g/mol. The molecule has 0 radical (unpaired) electrons. The molecule has 4 rings (SSSR count). The summed E-state index contributed by atoms with van der Waals surface area (Å²) in [7, 11) is -0.566. The molecule has 28 heavy (non-hydrogen) atoms. The number of rotatable bonds is 3. The number of hydrogen-bond donors (Lipinski definition) is 2. The van der Waals surface area contributed by atoms with Gasteiger partial charge in [-0.3, -0.25) is 4.79 Å². The lowest BCUT2D eigenvalue weighted by Crippen LogP contribution is -2.52. The molecule has 154 valence electrons. The van der Waals surface area contributed by atoms with E-state index in [0.29, 0.717) is 17.0 Å². The summed E-state index contributed by atoms with van der Waals surface area (Å²) in [6, 6.07) is 3.23. The van der Waals surface area contributed by atoms with Gasteiger partial charge in [-0.25, -0.2) is 0 Å². The van der Waals surface area contributed by atoms with Crippen LogP contribution in [-0.2, 0) is 4.43 Å². The molecule has 1 unspecified atom stereocenters. The molecule has 6 nitrogen and oxygen atoms in total. The largest absolute Gasteiger partial charge is 0.504 e. The zero-order valence-electron chi connectivity index (χ0n) is 17.8. The van der Waals surface area contributed by atoms with Gasteiger partial charge in [0.2, 0.25) is 0 Å². The van der Waals surface area contributed by atoms with Gasteiger partial charge in [-0.15, -0.1) is 0 Å². The highest BCUT2D eigenvalue weighted by Gasteiger charge is 2.57. The Balaban J connectivity index is 1.76. The molecular formula is C21H32N2O4Si. The minimum atomic E-state index is -2.06. The molecular weight excluding hydrogens is 372 g/mol. The summed E-state index contributed by atoms with van der Waals surface area (Å²) < 4.78 is 12.0. The molecule has 2 N–H and O–H groups in total. The van der Waals surface area contributed by atoms with Gasteiger partial charge in [-0.05, 0) is 48.9 Å². The molecule has 0 bridgehead atoms. The van der Waals surface area contributed by atoms with Crippen molar-refractivity contribution in [3.8, 4) is 11.5 Å². The number of aromatic hydroxyl groups is 1. The fraction of sp³-hybridized carbons (Fsp3) is 0.667. The lowest BCUT2D eigenvalue weighted by molar-refractivity contribution is 0.0600. The number of nitrogens with one attached hydrogen (secondary N) is 1. The van der Waals surface area contributed by atoms with Crippen LogP contribution in [0.4, 0.5) is 5.69 Å². The molecule has 1 saturated heterocycles. The third-order valence-electron chi connectivity index (χ3n) is 7.19. The maximum absolute atomic E-state index is 13.4. The molecule has 1 saturated carbocycles. The van der Waals surface area contributed by atoms with E-state index in [-0.39, 0.29) is 34.4 Å². The summed E-state index contributed by atoms with van der Waals surface area (Å²) in [5.74, 6) is 0.332. The van der Waals surface area contributed by atoms with Gasteiger partial charge in [0, 0.05) is 12.6 Å². The van der Waals surface area contributed by atoms with Crippen molar-refractivity contribution in [2.24, 2.45) is 5.41 Å². The van der Waals surface area contributed by atoms with Gasteiger partial charge in [0.1, 0.15) is 6.23 Å². The van der Waals surface area contributed by atoms with Crippen molar-refractivity contribution in [3.05, 3.63) is 17.7 Å². The summed E-state index contributed by atoms with van der Waals surface area (Å²) in [6.45, 7) is 11.9. The number of fused-ring (bicyclic) bond motifs is 2. The first-order chi connectivity index (χ1) is 13.0. The van der Waals surface area contributed by atoms with Crippen molar-refractivity contribution in [2.75, 3.05) is 19.0 Å². The number of phenols is 1. The number of nitrogens with zero attached hydrogens (tertiary/aromatic N) is 1. The minimum absolute atomic E-state index is 0.00379. The van der Waals surface area contributed by atoms with Gasteiger partial charge >= 0.3 is 0 Å². The van der Waals surface area contributed by atoms with E-state index in [1.807, 2.05) is 4.90 Å². The van der Waals surface area contributed by atoms with Crippen LogP contribution in [-0.4, -0.2) is 50.2 Å². The zero-order valence-corrected chi connectivity index (χ0v) is 18.8. The van der Waals surface area contributed by atoms with E-state index in [9.17, 15) is 9.90 Å². The number of carbonyl (C=O) groups is 1. The minimum Gasteiger partial charge on any atom is -0.504 e. The van der Waals surface area contributed by atoms with Crippen LogP contribution in [0.5, 0.6) is 11.5 Å². The Hall–Kier alpha value is -1.73. The van der Waals surface area contributed by atoms with Crippen molar-refractivity contribution in [1.82, 2.24) is 4.90 Å². The van der Waals surface area contributed by atoms with E-state index in [1.54, 1.807) is 12.1 Å². The fourth-order valence-electron chi connectivity index (χ4n) is 4.16. The van der Waals surface area contributed by atoms with Crippen LogP contribution < -0.4 is 10.1 Å². The van der Waals surface area contributed by atoms with E-state index < -0.39 is 8.32 Å². The van der Waals surface area contributed by atoms with Gasteiger partial charge in [0.25, 0.3) is 5.91 Å². The zero-order chi connectivity index (χ0) is 20.5. The Labute approximate surface area is 168 Å². The van der Waals surface area contributed by atoms with Gasteiger partial charge in [0.15, 0.2) is 19.8 Å². The molecule has 1 aliphatic carbocycles. The van der Waals surface area contributed by atoms with E-state index in [2.05, 4.69) is 39.2 Å². The molecule has 7 heteroatoms. The Morgan fingerprint density at radius 3 is 2.54 bits per heavy atom. The summed E-state index contributed by atoms with van der Waals surface area (Å²) in [5.41, 5.74) is 1.43. The van der Waals surface area contributed by atoms with Crippen LogP contribution in [0.15, 0.2) is 12.1 Å². The molecule has 3 aliphatic rings. The van der Waals surface area contributed by atoms with Gasteiger partial charge < -0.3 is 24.5 Å². The molecule has 1 aromatic rings. The molecule has 1 amide bonds. The van der Waals surface area contributed by atoms with Crippen LogP contribution in [0.2, 0.25) is 18.1 Å². The van der Waals surface area contributed by atoms with Crippen molar-refractivity contribution in [1.29, 1.82) is 0 Å². The number of phenolic OH excluding ortho intramolecular Hbond substituents is 1. The van der Waals surface area contributed by atoms with Crippen molar-refractivity contribution >= 4 is 19.9 Å². The summed E-state index contributed by atoms with van der Waals surface area (Å²) in [4.78, 5) is 15.4. The van der Waals surface area contributed by atoms with Crippen molar-refractivity contribution < 1.29 is 19.1 Å². The molecule has 2 fully saturated rings. The predicted octanol–water partition coefficient (Wildman–Crippen LogP) is 4.17. The summed E-state index contributed by atoms with van der Waals surface area (Å²) >= 11 is 0. The second-order valence-electron chi connectivity index (χ2n) is 10.2. The lowest BCUT2D eigenvalue weighted by Gasteiger charge is -2.41. The highest BCUT2D eigenvalue weighted by molar-refractivity contribution is 6.74. The number of benzene rings is 1. The first kappa shape index (κ1) is 19.6. The number of carbonyl (C=O) groups excluding carboxylic acids is 1. The number of anilines is 1. The number of hydrogen-bond acceptors (Lipinski definition) is 5. The topological polar surface area (TPSA) is 71.0 Å². The smallest absolute Gasteiger partial charge is 0.256 e. The van der Waals surface area contributed by atoms with Crippen LogP contribution in [0.1, 0.15) is 50.4 Å². The molecule has 0 aromatic heterocycles. The summed E-state index contributed by atoms with van der Waals surface area (Å²) in [5, 5.41) is 13.8. The summed E-state index contributed by atoms with van der Waals surface area (Å²) in [6.07, 6.45) is 3.07. The first-order valence-corrected chi connectivity index (χ1v) is 13.0. The Morgan fingerprint density at radius 1 is 1.29 bits per heavy atom. The first-order valence-electron chi connectivity index (χ1n) is 10.1. The molecule has 2 heterocycles. The van der Waals surface area contributed by atoms with Gasteiger partial charge in [-0.2, -0.15) is 0 Å². The van der Waals surface area contributed by atoms with E-state index in [0.717, 1.165) is 13.0 Å². The average molecular weight is 405 g/mol. The maximum atomic E-state index is 13.4. The quantitative estimate of drug-likeness (QED) is 0.740. The van der Waals surface area contributed by atoms with E-state index in [1.165, 1.54) is 20.0 Å². The molecule has 2 aliphatic heterocycles. The SMILES string of the molecule is COc1cc2c(cc1O)NC(O[Si](C)(C)C(C)(C)C)[C@@H]1CC3(CC3)CN1C2=O. The Morgan fingerprint density at radius 2 is 1.96 bits per heavy atom. The Kier molecular flexibility index (Phi) is 4.29. The van der Waals surface area contributed by atoms with Crippen LogP contribution in [0.25, 0.3) is 0 Å². The lowest BCUT2D eigenvalue weighted by atomic mass is 10.0. The third-order valence-corrected chi connectivity index (χ3v) is 11.6. The Bertz CT molecular complexity index is 813. The second kappa shape index (κ2) is 6.13. The van der Waals surface area contributed by atoms with Gasteiger partial charge in [-0.1, -0.05) is 20.8 Å². The second-order valence-corrected chi connectivity index (χ2v) is 15.0. The van der Waals surface area contributed by atoms with Crippen molar-refractivity contribution in [2.45, 2.75) is 70.4 Å².